The van der Waals surface area contributed by atoms with Crippen molar-refractivity contribution in [2.24, 2.45) is 0 Å². The summed E-state index contributed by atoms with van der Waals surface area (Å²) < 4.78 is 36.4. The minimum atomic E-state index is -3.67. The molecule has 0 saturated heterocycles. The molecule has 0 aliphatic carbocycles. The maximum absolute atomic E-state index is 12.1. The summed E-state index contributed by atoms with van der Waals surface area (Å²) in [6.45, 7) is 2.04. The van der Waals surface area contributed by atoms with Gasteiger partial charge in [0.05, 0.1) is 11.5 Å². The Labute approximate surface area is 111 Å². The smallest absolute Gasteiger partial charge is 0.263 e. The lowest BCUT2D eigenvalue weighted by Crippen LogP contribution is -2.13. The number of aryl methyl sites for hydroxylation is 1. The van der Waals surface area contributed by atoms with Crippen molar-refractivity contribution in [1.82, 2.24) is 5.16 Å². The zero-order valence-corrected chi connectivity index (χ0v) is 11.4. The molecule has 2 aromatic rings. The Bertz CT molecular complexity index is 664. The van der Waals surface area contributed by atoms with E-state index in [0.29, 0.717) is 12.4 Å². The van der Waals surface area contributed by atoms with Gasteiger partial charge in [0.15, 0.2) is 5.82 Å². The van der Waals surface area contributed by atoms with E-state index in [1.807, 2.05) is 0 Å². The highest BCUT2D eigenvalue weighted by molar-refractivity contribution is 7.92. The van der Waals surface area contributed by atoms with Crippen LogP contribution in [0.4, 0.5) is 5.82 Å². The van der Waals surface area contributed by atoms with E-state index >= 15 is 0 Å². The van der Waals surface area contributed by atoms with E-state index in [2.05, 4.69) is 9.88 Å². The van der Waals surface area contributed by atoms with Crippen molar-refractivity contribution in [2.75, 3.05) is 11.8 Å². The second-order valence-corrected chi connectivity index (χ2v) is 5.69. The van der Waals surface area contributed by atoms with Crippen LogP contribution in [0, 0.1) is 6.92 Å². The summed E-state index contributed by atoms with van der Waals surface area (Å²) in [5, 5.41) is 3.60. The molecule has 7 heteroatoms. The number of nitrogens with zero attached hydrogens (tertiary/aromatic N) is 1. The Morgan fingerprint density at radius 3 is 2.79 bits per heavy atom. The summed E-state index contributed by atoms with van der Waals surface area (Å²) >= 11 is 0. The summed E-state index contributed by atoms with van der Waals surface area (Å²) in [4.78, 5) is 0.155. The number of hydrogen-bond donors (Lipinski definition) is 1. The van der Waals surface area contributed by atoms with Crippen LogP contribution in [0.2, 0.25) is 0 Å². The molecule has 0 unspecified atom stereocenters. The van der Waals surface area contributed by atoms with Crippen LogP contribution in [-0.4, -0.2) is 20.7 Å². The first-order valence-corrected chi connectivity index (χ1v) is 7.03. The van der Waals surface area contributed by atoms with E-state index in [1.165, 1.54) is 12.1 Å². The summed E-state index contributed by atoms with van der Waals surface area (Å²) in [7, 11) is -2.12. The second kappa shape index (κ2) is 5.41. The number of anilines is 1. The number of ether oxygens (including phenoxy) is 1. The number of sulfonamides is 1. The van der Waals surface area contributed by atoms with Crippen molar-refractivity contribution in [3.8, 4) is 0 Å². The van der Waals surface area contributed by atoms with Crippen LogP contribution >= 0.6 is 0 Å². The zero-order chi connectivity index (χ0) is 13.9. The van der Waals surface area contributed by atoms with Crippen molar-refractivity contribution < 1.29 is 17.7 Å². The molecule has 0 amide bonds. The van der Waals surface area contributed by atoms with E-state index in [1.54, 1.807) is 32.2 Å². The van der Waals surface area contributed by atoms with Gasteiger partial charge in [-0.25, -0.2) is 8.42 Å². The van der Waals surface area contributed by atoms with Gasteiger partial charge in [0, 0.05) is 13.2 Å². The van der Waals surface area contributed by atoms with Gasteiger partial charge >= 0.3 is 0 Å². The number of rotatable bonds is 5. The van der Waals surface area contributed by atoms with Gasteiger partial charge in [-0.1, -0.05) is 17.3 Å². The maximum Gasteiger partial charge on any atom is 0.263 e. The Morgan fingerprint density at radius 2 is 2.16 bits per heavy atom. The van der Waals surface area contributed by atoms with Crippen LogP contribution in [0.3, 0.4) is 0 Å². The number of aromatic nitrogens is 1. The van der Waals surface area contributed by atoms with Gasteiger partial charge in [-0.15, -0.1) is 0 Å². The highest BCUT2D eigenvalue weighted by Gasteiger charge is 2.16. The fourth-order valence-electron chi connectivity index (χ4n) is 1.58. The Hall–Kier alpha value is -1.86. The van der Waals surface area contributed by atoms with Gasteiger partial charge in [0.1, 0.15) is 5.76 Å². The number of methoxy groups -OCH3 is 1. The van der Waals surface area contributed by atoms with Crippen LogP contribution in [0.1, 0.15) is 11.3 Å². The van der Waals surface area contributed by atoms with Crippen LogP contribution in [0.25, 0.3) is 0 Å². The van der Waals surface area contributed by atoms with Crippen molar-refractivity contribution in [3.05, 3.63) is 41.7 Å². The van der Waals surface area contributed by atoms with Crippen molar-refractivity contribution >= 4 is 15.8 Å². The van der Waals surface area contributed by atoms with Crippen LogP contribution < -0.4 is 4.72 Å². The SMILES string of the molecule is COCc1cccc(S(=O)(=O)Nc2cc(C)on2)c1. The lowest BCUT2D eigenvalue weighted by atomic mass is 10.2. The van der Waals surface area contributed by atoms with Crippen molar-refractivity contribution in [2.45, 2.75) is 18.4 Å². The molecule has 1 heterocycles. The maximum atomic E-state index is 12.1. The standard InChI is InChI=1S/C12H14N2O4S/c1-9-6-12(13-18-9)14-19(15,16)11-5-3-4-10(7-11)8-17-2/h3-7H,8H2,1-2H3,(H,13,14). The van der Waals surface area contributed by atoms with Crippen molar-refractivity contribution in [1.29, 1.82) is 0 Å². The average molecular weight is 282 g/mol. The lowest BCUT2D eigenvalue weighted by Gasteiger charge is -2.06. The number of hydrogen-bond acceptors (Lipinski definition) is 5. The summed E-state index contributed by atoms with van der Waals surface area (Å²) in [5.41, 5.74) is 0.779. The Balaban J connectivity index is 2.26. The third-order valence-electron chi connectivity index (χ3n) is 2.39. The minimum absolute atomic E-state index is 0.155. The topological polar surface area (TPSA) is 81.4 Å². The predicted octanol–water partition coefficient (Wildman–Crippen LogP) is 1.93. The largest absolute Gasteiger partial charge is 0.380 e. The molecular weight excluding hydrogens is 268 g/mol. The molecule has 0 aliphatic heterocycles. The monoisotopic (exact) mass is 282 g/mol. The van der Waals surface area contributed by atoms with Gasteiger partial charge in [0.25, 0.3) is 10.0 Å². The van der Waals surface area contributed by atoms with Gasteiger partial charge in [0.2, 0.25) is 0 Å². The van der Waals surface area contributed by atoms with Gasteiger partial charge in [-0.2, -0.15) is 0 Å². The van der Waals surface area contributed by atoms with E-state index < -0.39 is 10.0 Å². The molecule has 0 aliphatic rings. The van der Waals surface area contributed by atoms with Crippen molar-refractivity contribution in [3.63, 3.8) is 0 Å². The van der Waals surface area contributed by atoms with Crippen LogP contribution in [0.5, 0.6) is 0 Å². The highest BCUT2D eigenvalue weighted by atomic mass is 32.2. The van der Waals surface area contributed by atoms with Crippen LogP contribution in [0.15, 0.2) is 39.8 Å². The number of nitrogens with one attached hydrogen (secondary N) is 1. The minimum Gasteiger partial charge on any atom is -0.380 e. The molecule has 1 aromatic heterocycles. The first-order valence-electron chi connectivity index (χ1n) is 5.55. The highest BCUT2D eigenvalue weighted by Crippen LogP contribution is 2.17. The summed E-state index contributed by atoms with van der Waals surface area (Å²) in [6.07, 6.45) is 0. The Morgan fingerprint density at radius 1 is 1.37 bits per heavy atom. The van der Waals surface area contributed by atoms with Gasteiger partial charge in [-0.3, -0.25) is 4.72 Å². The van der Waals surface area contributed by atoms with E-state index in [-0.39, 0.29) is 10.7 Å². The van der Waals surface area contributed by atoms with E-state index in [0.717, 1.165) is 5.56 Å². The molecule has 102 valence electrons. The third kappa shape index (κ3) is 3.33. The van der Waals surface area contributed by atoms with Gasteiger partial charge < -0.3 is 9.26 Å². The lowest BCUT2D eigenvalue weighted by molar-refractivity contribution is 0.184. The summed E-state index contributed by atoms with van der Waals surface area (Å²) in [6, 6.07) is 8.03. The van der Waals surface area contributed by atoms with Crippen LogP contribution in [-0.2, 0) is 21.4 Å². The molecule has 0 saturated carbocycles. The molecule has 1 N–H and O–H groups in total. The fraction of sp³-hybridized carbons (Fsp3) is 0.250. The molecule has 0 atom stereocenters. The molecule has 0 bridgehead atoms. The van der Waals surface area contributed by atoms with E-state index in [9.17, 15) is 8.42 Å². The average Bonchev–Trinajstić information content (AvgIpc) is 2.75. The molecule has 0 radical (unpaired) electrons. The normalized spacial score (nSPS) is 11.5. The molecular formula is C12H14N2O4S. The zero-order valence-electron chi connectivity index (χ0n) is 10.6. The molecule has 6 nitrogen and oxygen atoms in total. The molecule has 19 heavy (non-hydrogen) atoms. The Kier molecular flexibility index (Phi) is 3.87. The second-order valence-electron chi connectivity index (χ2n) is 4.01. The first-order chi connectivity index (χ1) is 9.01. The predicted molar refractivity (Wildman–Crippen MR) is 69.2 cm³/mol. The molecule has 2 rings (SSSR count). The number of benzene rings is 1. The molecule has 0 spiro atoms. The molecule has 1 aromatic carbocycles. The summed E-state index contributed by atoms with van der Waals surface area (Å²) in [5.74, 6) is 0.695. The van der Waals surface area contributed by atoms with Gasteiger partial charge in [-0.05, 0) is 24.6 Å². The first kappa shape index (κ1) is 13.6. The van der Waals surface area contributed by atoms with E-state index in [4.69, 9.17) is 9.26 Å². The molecule has 0 fully saturated rings. The fourth-order valence-corrected chi connectivity index (χ4v) is 2.63. The quantitative estimate of drug-likeness (QED) is 0.906. The third-order valence-corrected chi connectivity index (χ3v) is 3.74.